The van der Waals surface area contributed by atoms with Gasteiger partial charge < -0.3 is 9.57 Å². The van der Waals surface area contributed by atoms with Crippen molar-refractivity contribution in [2.75, 3.05) is 11.6 Å². The number of alkyl halides is 3. The highest BCUT2D eigenvalue weighted by molar-refractivity contribution is 7.90. The fourth-order valence-corrected chi connectivity index (χ4v) is 5.60. The molecule has 45 heavy (non-hydrogen) atoms. The summed E-state index contributed by atoms with van der Waals surface area (Å²) in [6.45, 7) is 7.01. The third kappa shape index (κ3) is 7.02. The highest BCUT2D eigenvalue weighted by atomic mass is 32.2. The van der Waals surface area contributed by atoms with Crippen molar-refractivity contribution in [1.29, 1.82) is 0 Å². The lowest BCUT2D eigenvalue weighted by molar-refractivity contribution is -0.184. The SMILES string of the molecule is Cc1ccc(-c2cc(C(F)(F)F)nn2-c2ccc(S(=O)(=O)NC(=O)[C@@H]3CCCN3n3on3OC(C)OC(=O)C(C)C)cc2)cc1. The molecule has 0 radical (unpaired) electrons. The molecule has 2 aromatic carbocycles. The number of esters is 1. The Balaban J connectivity index is 1.29. The maximum Gasteiger partial charge on any atom is 0.435 e. The van der Waals surface area contributed by atoms with Crippen LogP contribution >= 0.6 is 0 Å². The van der Waals surface area contributed by atoms with Crippen LogP contribution in [-0.4, -0.2) is 58.9 Å². The molecule has 1 aliphatic heterocycles. The maximum atomic E-state index is 13.5. The number of halogens is 3. The van der Waals surface area contributed by atoms with Crippen molar-refractivity contribution < 1.29 is 45.4 Å². The fourth-order valence-electron chi connectivity index (χ4n) is 4.59. The number of hydrogen-bond acceptors (Lipinski definition) is 9. The van der Waals surface area contributed by atoms with E-state index >= 15 is 0 Å². The molecular weight excluding hydrogens is 621 g/mol. The van der Waals surface area contributed by atoms with Gasteiger partial charge in [0.2, 0.25) is 0 Å². The van der Waals surface area contributed by atoms with Gasteiger partial charge in [-0.15, -0.1) is 0 Å². The third-order valence-electron chi connectivity index (χ3n) is 6.97. The van der Waals surface area contributed by atoms with Gasteiger partial charge in [0, 0.05) is 19.0 Å². The van der Waals surface area contributed by atoms with E-state index in [2.05, 4.69) is 9.82 Å². The summed E-state index contributed by atoms with van der Waals surface area (Å²) in [5.41, 5.74) is 0.646. The first-order valence-electron chi connectivity index (χ1n) is 14.0. The van der Waals surface area contributed by atoms with E-state index in [1.165, 1.54) is 36.2 Å². The largest absolute Gasteiger partial charge is 0.435 e. The van der Waals surface area contributed by atoms with Crippen molar-refractivity contribution in [2.45, 2.75) is 63.9 Å². The number of hydrogen-bond donors (Lipinski definition) is 1. The first-order chi connectivity index (χ1) is 21.1. The molecule has 13 nitrogen and oxygen atoms in total. The van der Waals surface area contributed by atoms with Crippen LogP contribution in [0.4, 0.5) is 13.2 Å². The number of carbonyl (C=O) groups is 2. The molecule has 1 unspecified atom stereocenters. The average Bonchev–Trinajstić information content (AvgIpc) is 3.33. The number of rotatable bonds is 10. The average molecular weight is 653 g/mol. The minimum atomic E-state index is -4.70. The summed E-state index contributed by atoms with van der Waals surface area (Å²) < 4.78 is 80.3. The summed E-state index contributed by atoms with van der Waals surface area (Å²) in [5.74, 6) is -1.67. The van der Waals surface area contributed by atoms with Gasteiger partial charge in [0.15, 0.2) is 5.69 Å². The molecule has 17 heteroatoms. The number of nitrogens with one attached hydrogen (secondary N) is 1. The lowest BCUT2D eigenvalue weighted by atomic mass is 10.1. The van der Waals surface area contributed by atoms with E-state index in [9.17, 15) is 31.2 Å². The van der Waals surface area contributed by atoms with Crippen LogP contribution in [0.5, 0.6) is 0 Å². The number of benzene rings is 2. The molecule has 1 amide bonds. The number of aryl methyl sites for hydroxylation is 1. The molecule has 1 saturated heterocycles. The minimum Gasteiger partial charge on any atom is -0.423 e. The molecule has 5 rings (SSSR count). The highest BCUT2D eigenvalue weighted by Gasteiger charge is 2.39. The van der Waals surface area contributed by atoms with Gasteiger partial charge in [-0.2, -0.15) is 22.9 Å². The quantitative estimate of drug-likeness (QED) is 0.201. The molecule has 2 aromatic heterocycles. The lowest BCUT2D eigenvalue weighted by Crippen LogP contribution is -2.49. The molecule has 4 aromatic rings. The second-order valence-electron chi connectivity index (χ2n) is 10.8. The Bertz CT molecular complexity index is 1770. The zero-order valence-electron chi connectivity index (χ0n) is 24.7. The van der Waals surface area contributed by atoms with E-state index < -0.39 is 46.1 Å². The highest BCUT2D eigenvalue weighted by Crippen LogP contribution is 2.33. The Hall–Kier alpha value is -4.67. The molecule has 0 spiro atoms. The molecule has 1 fully saturated rings. The van der Waals surface area contributed by atoms with Gasteiger partial charge in [-0.1, -0.05) is 43.7 Å². The number of nitrogens with zero attached hydrogens (tertiary/aromatic N) is 5. The molecule has 0 bridgehead atoms. The van der Waals surface area contributed by atoms with Gasteiger partial charge >= 0.3 is 12.1 Å². The monoisotopic (exact) mass is 652 g/mol. The number of carbonyl (C=O) groups excluding carboxylic acids is 2. The van der Waals surface area contributed by atoms with Crippen molar-refractivity contribution in [3.63, 3.8) is 0 Å². The molecule has 242 valence electrons. The molecule has 0 aliphatic carbocycles. The zero-order chi connectivity index (χ0) is 32.7. The molecule has 1 aliphatic rings. The van der Waals surface area contributed by atoms with Crippen molar-refractivity contribution in [1.82, 2.24) is 24.5 Å². The van der Waals surface area contributed by atoms with Crippen LogP contribution in [0.1, 0.15) is 44.9 Å². The van der Waals surface area contributed by atoms with E-state index in [4.69, 9.17) is 14.2 Å². The Labute approximate surface area is 255 Å². The third-order valence-corrected chi connectivity index (χ3v) is 8.33. The van der Waals surface area contributed by atoms with Gasteiger partial charge in [0.1, 0.15) is 11.1 Å². The predicted molar refractivity (Wildman–Crippen MR) is 152 cm³/mol. The van der Waals surface area contributed by atoms with E-state index in [-0.39, 0.29) is 22.2 Å². The van der Waals surface area contributed by atoms with Gasteiger partial charge in [-0.25, -0.2) is 22.8 Å². The van der Waals surface area contributed by atoms with Crippen LogP contribution in [-0.2, 0) is 30.5 Å². The second-order valence-corrected chi connectivity index (χ2v) is 12.5. The fraction of sp³-hybridized carbons (Fsp3) is 0.393. The van der Waals surface area contributed by atoms with Crippen molar-refractivity contribution >= 4 is 21.9 Å². The molecule has 3 heterocycles. The van der Waals surface area contributed by atoms with Crippen LogP contribution in [0.25, 0.3) is 16.9 Å². The summed E-state index contributed by atoms with van der Waals surface area (Å²) >= 11 is 0. The maximum absolute atomic E-state index is 13.5. The van der Waals surface area contributed by atoms with Gasteiger partial charge in [0.25, 0.3) is 22.2 Å². The standard InChI is InChI=1S/C28H31F3N6O7S/c1-17(2)27(39)42-19(4)43-37-36(44-37)34-15-5-6-23(34)26(38)33-45(40,41)22-13-11-21(12-14-22)35-24(16-25(32-35)28(29,30)31)20-9-7-18(3)8-10-20/h7-14,16-17,19,23H,5-6,15H2,1-4H3,(H,33,38)/t19?,23-,36?,37?/m0/s1. The second kappa shape index (κ2) is 12.0. The van der Waals surface area contributed by atoms with Crippen molar-refractivity contribution in [3.8, 4) is 16.9 Å². The topological polar surface area (TPSA) is 143 Å². The van der Waals surface area contributed by atoms with Crippen LogP contribution in [0.2, 0.25) is 0 Å². The first-order valence-corrected chi connectivity index (χ1v) is 15.5. The zero-order valence-corrected chi connectivity index (χ0v) is 25.5. The van der Waals surface area contributed by atoms with E-state index in [0.29, 0.717) is 24.9 Å². The van der Waals surface area contributed by atoms with E-state index in [1.54, 1.807) is 38.1 Å². The number of amides is 1. The predicted octanol–water partition coefficient (Wildman–Crippen LogP) is 3.64. The van der Waals surface area contributed by atoms with Crippen LogP contribution in [0.3, 0.4) is 0 Å². The summed E-state index contributed by atoms with van der Waals surface area (Å²) in [6.07, 6.45) is -4.82. The summed E-state index contributed by atoms with van der Waals surface area (Å²) in [4.78, 5) is 31.0. The van der Waals surface area contributed by atoms with Gasteiger partial charge in [-0.05, 0) is 50.1 Å². The Morgan fingerprint density at radius 3 is 2.36 bits per heavy atom. The van der Waals surface area contributed by atoms with Crippen molar-refractivity contribution in [2.24, 2.45) is 5.92 Å². The number of ether oxygens (including phenoxy) is 1. The summed E-state index contributed by atoms with van der Waals surface area (Å²) in [7, 11) is -4.36. The van der Waals surface area contributed by atoms with E-state index in [0.717, 1.165) is 26.3 Å². The molecule has 0 saturated carbocycles. The summed E-state index contributed by atoms with van der Waals surface area (Å²) in [5, 5.41) is 6.09. The molecule has 2 atom stereocenters. The first kappa shape index (κ1) is 31.7. The molecule has 1 N–H and O–H groups in total. The van der Waals surface area contributed by atoms with Gasteiger partial charge in [0.05, 0.1) is 27.2 Å². The number of sulfonamides is 1. The Kier molecular flexibility index (Phi) is 8.48. The Morgan fingerprint density at radius 2 is 1.73 bits per heavy atom. The summed E-state index contributed by atoms with van der Waals surface area (Å²) in [6, 6.07) is 11.8. The van der Waals surface area contributed by atoms with Crippen LogP contribution in [0.15, 0.2) is 64.1 Å². The van der Waals surface area contributed by atoms with E-state index in [1.807, 2.05) is 6.92 Å². The lowest BCUT2D eigenvalue weighted by Gasteiger charge is -2.19. The van der Waals surface area contributed by atoms with Gasteiger partial charge in [-0.3, -0.25) is 9.59 Å². The number of aromatic nitrogens is 4. The van der Waals surface area contributed by atoms with Crippen LogP contribution in [0, 0.1) is 12.8 Å². The smallest absolute Gasteiger partial charge is 0.423 e. The minimum absolute atomic E-state index is 0.162. The molecular formula is C28H31F3N6O7S. The van der Waals surface area contributed by atoms with Crippen molar-refractivity contribution in [3.05, 3.63) is 65.9 Å². The normalized spacial score (nSPS) is 16.3. The van der Waals surface area contributed by atoms with Crippen LogP contribution < -0.4 is 14.6 Å². The Morgan fingerprint density at radius 1 is 1.07 bits per heavy atom.